The van der Waals surface area contributed by atoms with E-state index >= 15 is 0 Å². The first-order valence-electron chi connectivity index (χ1n) is 26.3. The van der Waals surface area contributed by atoms with Crippen LogP contribution in [-0.2, 0) is 0 Å². The van der Waals surface area contributed by atoms with Crippen molar-refractivity contribution in [2.75, 3.05) is 209 Å². The molecule has 4 aliphatic heterocycles. The molecule has 64 heavy (non-hydrogen) atoms. The van der Waals surface area contributed by atoms with Crippen LogP contribution in [0.25, 0.3) is 0 Å². The summed E-state index contributed by atoms with van der Waals surface area (Å²) in [5, 5.41) is 44.7. The van der Waals surface area contributed by atoms with Crippen LogP contribution < -0.4 is 63.8 Å². The highest BCUT2D eigenvalue weighted by Gasteiger charge is 2.31. The lowest BCUT2D eigenvalue weighted by Gasteiger charge is -2.42. The highest BCUT2D eigenvalue weighted by molar-refractivity contribution is 5.24. The predicted octanol–water partition coefficient (Wildman–Crippen LogP) is -1.46. The molecular formula is C47H97N17. The van der Waals surface area contributed by atoms with Gasteiger partial charge >= 0.3 is 0 Å². The van der Waals surface area contributed by atoms with Crippen molar-refractivity contribution in [3.63, 3.8) is 0 Å². The van der Waals surface area contributed by atoms with Crippen molar-refractivity contribution in [2.45, 2.75) is 63.7 Å². The zero-order valence-corrected chi connectivity index (χ0v) is 40.4. The number of nitrogens with zero attached hydrogens (tertiary/aromatic N) is 5. The lowest BCUT2D eigenvalue weighted by Crippen LogP contribution is -2.49. The Bertz CT molecular complexity index is 1020. The third-order valence-electron chi connectivity index (χ3n) is 13.0. The van der Waals surface area contributed by atoms with Gasteiger partial charge in [0, 0.05) is 154 Å². The number of hydrogen-bond acceptors (Lipinski definition) is 17. The van der Waals surface area contributed by atoms with Gasteiger partial charge in [-0.2, -0.15) is 0 Å². The zero-order valence-electron chi connectivity index (χ0n) is 40.4. The van der Waals surface area contributed by atoms with Gasteiger partial charge in [-0.15, -0.1) is 0 Å². The Kier molecular flexibility index (Phi) is 30.5. The van der Waals surface area contributed by atoms with Gasteiger partial charge in [-0.25, -0.2) is 0 Å². The quantitative estimate of drug-likeness (QED) is 0.160. The minimum atomic E-state index is 0.123. The molecule has 0 spiro atoms. The van der Waals surface area contributed by atoms with E-state index < -0.39 is 0 Å². The third kappa shape index (κ3) is 23.0. The van der Waals surface area contributed by atoms with E-state index in [1.54, 1.807) is 0 Å². The summed E-state index contributed by atoms with van der Waals surface area (Å²) < 4.78 is 0. The molecule has 0 aliphatic carbocycles. The molecule has 5 rings (SSSR count). The fourth-order valence-electron chi connectivity index (χ4n) is 9.57. The Hall–Kier alpha value is -1.49. The SMILES string of the molecule is c1ncc(C(N2CCCNCCNCCCNCC2)N2CCCNCCNCCCNCC2)cc1C(N1CCCNCCNCCCNCC1)N1CCCNCCNCCCNCC1. The Morgan fingerprint density at radius 1 is 0.266 bits per heavy atom. The first-order valence-corrected chi connectivity index (χ1v) is 26.3. The molecule has 4 saturated heterocycles. The van der Waals surface area contributed by atoms with E-state index in [1.165, 1.54) is 11.1 Å². The average Bonchev–Trinajstić information content (AvgIpc) is 3.31. The van der Waals surface area contributed by atoms with Crippen LogP contribution in [0.3, 0.4) is 0 Å². The Labute approximate surface area is 390 Å². The molecule has 0 radical (unpaired) electrons. The molecule has 1 aromatic heterocycles. The third-order valence-corrected chi connectivity index (χ3v) is 13.0. The fraction of sp³-hybridized carbons (Fsp3) is 0.894. The maximum atomic E-state index is 5.26. The van der Waals surface area contributed by atoms with Crippen molar-refractivity contribution in [1.82, 2.24) is 88.4 Å². The van der Waals surface area contributed by atoms with Gasteiger partial charge in [0.2, 0.25) is 0 Å². The summed E-state index contributed by atoms with van der Waals surface area (Å²) in [6.45, 7) is 32.8. The van der Waals surface area contributed by atoms with Crippen molar-refractivity contribution in [1.29, 1.82) is 0 Å². The summed E-state index contributed by atoms with van der Waals surface area (Å²) in [4.78, 5) is 16.5. The van der Waals surface area contributed by atoms with Gasteiger partial charge in [-0.3, -0.25) is 24.6 Å². The van der Waals surface area contributed by atoms with Crippen LogP contribution in [0.1, 0.15) is 74.8 Å². The van der Waals surface area contributed by atoms with Crippen molar-refractivity contribution in [3.8, 4) is 0 Å². The van der Waals surface area contributed by atoms with E-state index in [-0.39, 0.29) is 12.3 Å². The molecular weight excluding hydrogens is 803 g/mol. The fourth-order valence-corrected chi connectivity index (χ4v) is 9.57. The van der Waals surface area contributed by atoms with E-state index in [1.807, 2.05) is 0 Å². The lowest BCUT2D eigenvalue weighted by atomic mass is 10.0. The van der Waals surface area contributed by atoms with E-state index in [0.29, 0.717) is 0 Å². The highest BCUT2D eigenvalue weighted by atomic mass is 15.4. The Morgan fingerprint density at radius 3 is 0.734 bits per heavy atom. The van der Waals surface area contributed by atoms with Crippen molar-refractivity contribution >= 4 is 0 Å². The molecule has 12 N–H and O–H groups in total. The normalized spacial score (nSPS) is 24.8. The van der Waals surface area contributed by atoms with E-state index in [0.717, 1.165) is 261 Å². The number of nitrogens with one attached hydrogen (secondary N) is 12. The van der Waals surface area contributed by atoms with Crippen LogP contribution in [0.4, 0.5) is 0 Å². The molecule has 17 heteroatoms. The van der Waals surface area contributed by atoms with E-state index in [4.69, 9.17) is 4.98 Å². The van der Waals surface area contributed by atoms with Crippen LogP contribution in [0.5, 0.6) is 0 Å². The van der Waals surface area contributed by atoms with Crippen LogP contribution in [0, 0.1) is 0 Å². The Morgan fingerprint density at radius 2 is 0.484 bits per heavy atom. The molecule has 4 fully saturated rings. The predicted molar refractivity (Wildman–Crippen MR) is 267 cm³/mol. The number of aromatic nitrogens is 1. The molecule has 4 aliphatic rings. The molecule has 0 unspecified atom stereocenters. The molecule has 0 aromatic carbocycles. The molecule has 0 saturated carbocycles. The first-order chi connectivity index (χ1) is 31.9. The minimum Gasteiger partial charge on any atom is -0.315 e. The topological polar surface area (TPSA) is 170 Å². The van der Waals surface area contributed by atoms with Gasteiger partial charge in [-0.1, -0.05) is 0 Å². The number of pyridine rings is 1. The molecule has 0 amide bonds. The smallest absolute Gasteiger partial charge is 0.0902 e. The van der Waals surface area contributed by atoms with Gasteiger partial charge in [0.1, 0.15) is 0 Å². The zero-order chi connectivity index (χ0) is 44.2. The lowest BCUT2D eigenvalue weighted by molar-refractivity contribution is 0.0342. The second kappa shape index (κ2) is 36.5. The van der Waals surface area contributed by atoms with Gasteiger partial charge in [-0.05, 0) is 136 Å². The largest absolute Gasteiger partial charge is 0.315 e. The molecule has 0 bridgehead atoms. The number of hydrogen-bond donors (Lipinski definition) is 12. The molecule has 17 nitrogen and oxygen atoms in total. The monoisotopic (exact) mass is 900 g/mol. The van der Waals surface area contributed by atoms with Crippen molar-refractivity contribution < 1.29 is 0 Å². The molecule has 5 heterocycles. The summed E-state index contributed by atoms with van der Waals surface area (Å²) in [5.74, 6) is 0. The summed E-state index contributed by atoms with van der Waals surface area (Å²) in [6.07, 6.45) is 13.7. The summed E-state index contributed by atoms with van der Waals surface area (Å²) in [5.41, 5.74) is 2.67. The standard InChI is InChI=1S/C47H97N17/c1-9-48-21-25-52-17-5-33-61(37-29-56-13-1)46(62-34-6-18-53-26-22-49-10-2-14-57-30-38-62)44-41-45(43-60-42-44)47(63-35-7-19-54-27-23-50-11-3-15-58-31-39-63)64-36-8-20-55-28-24-51-12-4-16-59-32-40-64/h41-43,46-59H,1-40H2. The van der Waals surface area contributed by atoms with Crippen LogP contribution in [-0.4, -0.2) is 234 Å². The van der Waals surface area contributed by atoms with Crippen molar-refractivity contribution in [2.24, 2.45) is 0 Å². The first kappa shape index (κ1) is 53.5. The van der Waals surface area contributed by atoms with Gasteiger partial charge in [0.05, 0.1) is 12.3 Å². The second-order valence-corrected chi connectivity index (χ2v) is 18.3. The van der Waals surface area contributed by atoms with Gasteiger partial charge in [0.25, 0.3) is 0 Å². The molecule has 1 aromatic rings. The van der Waals surface area contributed by atoms with E-state index in [9.17, 15) is 0 Å². The maximum absolute atomic E-state index is 5.26. The van der Waals surface area contributed by atoms with Crippen molar-refractivity contribution in [3.05, 3.63) is 29.6 Å². The molecule has 370 valence electrons. The summed E-state index contributed by atoms with van der Waals surface area (Å²) in [6, 6.07) is 2.60. The summed E-state index contributed by atoms with van der Waals surface area (Å²) >= 11 is 0. The number of rotatable bonds is 6. The second-order valence-electron chi connectivity index (χ2n) is 18.3. The maximum Gasteiger partial charge on any atom is 0.0902 e. The van der Waals surface area contributed by atoms with Gasteiger partial charge < -0.3 is 63.8 Å². The van der Waals surface area contributed by atoms with Crippen LogP contribution >= 0.6 is 0 Å². The minimum absolute atomic E-state index is 0.123. The van der Waals surface area contributed by atoms with Crippen LogP contribution in [0.2, 0.25) is 0 Å². The van der Waals surface area contributed by atoms with Gasteiger partial charge in [0.15, 0.2) is 0 Å². The van der Waals surface area contributed by atoms with Crippen LogP contribution in [0.15, 0.2) is 18.5 Å². The van der Waals surface area contributed by atoms with E-state index in [2.05, 4.69) is 102 Å². The highest BCUT2D eigenvalue weighted by Crippen LogP contribution is 2.31. The average molecular weight is 900 g/mol. The molecule has 0 atom stereocenters. The summed E-state index contributed by atoms with van der Waals surface area (Å²) in [7, 11) is 0. The Balaban J connectivity index is 1.51.